The molecule has 4 heteroatoms. The van der Waals surface area contributed by atoms with Gasteiger partial charge in [-0.1, -0.05) is 17.7 Å². The molecule has 2 aliphatic rings. The maximum atomic E-state index is 6.07. The Balaban J connectivity index is 1.66. The number of hydrogen-bond acceptors (Lipinski definition) is 3. The van der Waals surface area contributed by atoms with Crippen LogP contribution in [0.1, 0.15) is 5.56 Å². The second-order valence-electron chi connectivity index (χ2n) is 4.83. The summed E-state index contributed by atoms with van der Waals surface area (Å²) in [6.45, 7) is 5.70. The molecule has 2 saturated heterocycles. The molecule has 0 bridgehead atoms. The van der Waals surface area contributed by atoms with Crippen LogP contribution in [0.2, 0.25) is 5.15 Å². The van der Waals surface area contributed by atoms with Crippen molar-refractivity contribution >= 4 is 11.6 Å². The molecule has 0 amide bonds. The number of hydrogen-bond donors (Lipinski definition) is 1. The fraction of sp³-hybridized carbons (Fsp3) is 0.583. The minimum atomic E-state index is 0.651. The third kappa shape index (κ3) is 1.95. The SMILES string of the molecule is Clc1ncccc1CN1CC2CNCC2C1. The van der Waals surface area contributed by atoms with E-state index in [0.29, 0.717) is 5.15 Å². The Morgan fingerprint density at radius 1 is 1.38 bits per heavy atom. The van der Waals surface area contributed by atoms with Crippen molar-refractivity contribution in [1.29, 1.82) is 0 Å². The van der Waals surface area contributed by atoms with E-state index in [2.05, 4.69) is 21.3 Å². The van der Waals surface area contributed by atoms with Crippen LogP contribution in [0.3, 0.4) is 0 Å². The van der Waals surface area contributed by atoms with E-state index in [9.17, 15) is 0 Å². The maximum Gasteiger partial charge on any atom is 0.133 e. The first-order valence-corrected chi connectivity index (χ1v) is 6.23. The van der Waals surface area contributed by atoms with Gasteiger partial charge in [0.2, 0.25) is 0 Å². The van der Waals surface area contributed by atoms with Gasteiger partial charge in [-0.15, -0.1) is 0 Å². The molecule has 0 spiro atoms. The monoisotopic (exact) mass is 237 g/mol. The summed E-state index contributed by atoms with van der Waals surface area (Å²) in [5, 5.41) is 4.11. The second kappa shape index (κ2) is 4.32. The Morgan fingerprint density at radius 3 is 2.81 bits per heavy atom. The van der Waals surface area contributed by atoms with Crippen molar-refractivity contribution < 1.29 is 0 Å². The van der Waals surface area contributed by atoms with E-state index in [1.807, 2.05) is 6.07 Å². The summed E-state index contributed by atoms with van der Waals surface area (Å²) in [4.78, 5) is 6.62. The van der Waals surface area contributed by atoms with E-state index in [0.717, 1.165) is 23.9 Å². The molecule has 2 unspecified atom stereocenters. The molecule has 0 saturated carbocycles. The molecule has 1 aromatic rings. The van der Waals surface area contributed by atoms with Crippen molar-refractivity contribution in [1.82, 2.24) is 15.2 Å². The lowest BCUT2D eigenvalue weighted by atomic mass is 10.0. The van der Waals surface area contributed by atoms with Crippen molar-refractivity contribution in [3.8, 4) is 0 Å². The first-order valence-electron chi connectivity index (χ1n) is 5.85. The van der Waals surface area contributed by atoms with Crippen LogP contribution in [-0.2, 0) is 6.54 Å². The zero-order valence-corrected chi connectivity index (χ0v) is 9.95. The molecule has 3 rings (SSSR count). The van der Waals surface area contributed by atoms with Crippen LogP contribution in [0.5, 0.6) is 0 Å². The highest BCUT2D eigenvalue weighted by atomic mass is 35.5. The Bertz CT molecular complexity index is 370. The second-order valence-corrected chi connectivity index (χ2v) is 5.18. The summed E-state index contributed by atoms with van der Waals surface area (Å²) >= 11 is 6.07. The van der Waals surface area contributed by atoms with Gasteiger partial charge >= 0.3 is 0 Å². The normalized spacial score (nSPS) is 29.6. The fourth-order valence-electron chi connectivity index (χ4n) is 2.86. The topological polar surface area (TPSA) is 28.2 Å². The summed E-state index contributed by atoms with van der Waals surface area (Å²) in [6, 6.07) is 4.03. The summed E-state index contributed by atoms with van der Waals surface area (Å²) in [6.07, 6.45) is 1.74. The van der Waals surface area contributed by atoms with Crippen LogP contribution in [-0.4, -0.2) is 36.1 Å². The number of nitrogens with one attached hydrogen (secondary N) is 1. The van der Waals surface area contributed by atoms with Crippen molar-refractivity contribution in [2.24, 2.45) is 11.8 Å². The molecule has 1 aromatic heterocycles. The molecule has 0 radical (unpaired) electrons. The number of likely N-dealkylation sites (tertiary alicyclic amines) is 1. The standard InChI is InChI=1S/C12H16ClN3/c13-12-9(2-1-3-15-12)6-16-7-10-4-14-5-11(10)8-16/h1-3,10-11,14H,4-8H2. The molecular formula is C12H16ClN3. The van der Waals surface area contributed by atoms with Crippen LogP contribution < -0.4 is 5.32 Å². The van der Waals surface area contributed by atoms with E-state index < -0.39 is 0 Å². The molecule has 0 aliphatic carbocycles. The fourth-order valence-corrected chi connectivity index (χ4v) is 3.04. The predicted octanol–water partition coefficient (Wildman–Crippen LogP) is 1.39. The largest absolute Gasteiger partial charge is 0.316 e. The number of fused-ring (bicyclic) bond motifs is 1. The van der Waals surface area contributed by atoms with Crippen molar-refractivity contribution in [2.75, 3.05) is 26.2 Å². The van der Waals surface area contributed by atoms with Gasteiger partial charge in [0.25, 0.3) is 0 Å². The van der Waals surface area contributed by atoms with E-state index in [1.54, 1.807) is 6.20 Å². The molecule has 86 valence electrons. The minimum absolute atomic E-state index is 0.651. The van der Waals surface area contributed by atoms with Gasteiger partial charge in [-0.05, 0) is 31.0 Å². The van der Waals surface area contributed by atoms with Crippen LogP contribution in [0, 0.1) is 11.8 Å². The molecule has 16 heavy (non-hydrogen) atoms. The first kappa shape index (κ1) is 10.5. The number of halogens is 1. The van der Waals surface area contributed by atoms with E-state index in [1.165, 1.54) is 26.2 Å². The molecule has 1 N–H and O–H groups in total. The highest BCUT2D eigenvalue weighted by molar-refractivity contribution is 6.30. The van der Waals surface area contributed by atoms with Gasteiger partial charge in [0.15, 0.2) is 0 Å². The third-order valence-corrected chi connectivity index (χ3v) is 4.04. The van der Waals surface area contributed by atoms with E-state index in [-0.39, 0.29) is 0 Å². The Morgan fingerprint density at radius 2 is 2.12 bits per heavy atom. The molecule has 3 heterocycles. The Kier molecular flexibility index (Phi) is 2.84. The molecule has 2 fully saturated rings. The predicted molar refractivity (Wildman–Crippen MR) is 64.4 cm³/mol. The van der Waals surface area contributed by atoms with Crippen LogP contribution >= 0.6 is 11.6 Å². The molecular weight excluding hydrogens is 222 g/mol. The van der Waals surface area contributed by atoms with Crippen molar-refractivity contribution in [2.45, 2.75) is 6.54 Å². The van der Waals surface area contributed by atoms with Crippen molar-refractivity contribution in [3.63, 3.8) is 0 Å². The highest BCUT2D eigenvalue weighted by Gasteiger charge is 2.35. The average molecular weight is 238 g/mol. The zero-order chi connectivity index (χ0) is 11.0. The van der Waals surface area contributed by atoms with Gasteiger partial charge in [0.05, 0.1) is 0 Å². The summed E-state index contributed by atoms with van der Waals surface area (Å²) in [5.41, 5.74) is 1.15. The van der Waals surface area contributed by atoms with Crippen LogP contribution in [0.25, 0.3) is 0 Å². The lowest BCUT2D eigenvalue weighted by Crippen LogP contribution is -2.25. The van der Waals surface area contributed by atoms with Gasteiger partial charge in [0.1, 0.15) is 5.15 Å². The summed E-state index contributed by atoms with van der Waals surface area (Å²) in [7, 11) is 0. The van der Waals surface area contributed by atoms with Crippen LogP contribution in [0.15, 0.2) is 18.3 Å². The first-order chi connectivity index (χ1) is 7.83. The molecule has 2 aliphatic heterocycles. The number of rotatable bonds is 2. The number of pyridine rings is 1. The zero-order valence-electron chi connectivity index (χ0n) is 9.19. The van der Waals surface area contributed by atoms with Gasteiger partial charge < -0.3 is 5.32 Å². The highest BCUT2D eigenvalue weighted by Crippen LogP contribution is 2.28. The van der Waals surface area contributed by atoms with E-state index in [4.69, 9.17) is 11.6 Å². The molecule has 2 atom stereocenters. The van der Waals surface area contributed by atoms with Gasteiger partial charge in [0, 0.05) is 31.4 Å². The maximum absolute atomic E-state index is 6.07. The quantitative estimate of drug-likeness (QED) is 0.788. The Hall–Kier alpha value is -0.640. The lowest BCUT2D eigenvalue weighted by molar-refractivity contribution is 0.305. The Labute approximate surface area is 101 Å². The van der Waals surface area contributed by atoms with Gasteiger partial charge in [-0.2, -0.15) is 0 Å². The summed E-state index contributed by atoms with van der Waals surface area (Å²) in [5.74, 6) is 1.69. The van der Waals surface area contributed by atoms with E-state index >= 15 is 0 Å². The van der Waals surface area contributed by atoms with Crippen molar-refractivity contribution in [3.05, 3.63) is 29.0 Å². The number of aromatic nitrogens is 1. The lowest BCUT2D eigenvalue weighted by Gasteiger charge is -2.17. The average Bonchev–Trinajstić information content (AvgIpc) is 2.81. The minimum Gasteiger partial charge on any atom is -0.316 e. The van der Waals surface area contributed by atoms with Gasteiger partial charge in [-0.3, -0.25) is 4.90 Å². The molecule has 3 nitrogen and oxygen atoms in total. The van der Waals surface area contributed by atoms with Gasteiger partial charge in [-0.25, -0.2) is 4.98 Å². The molecule has 0 aromatic carbocycles. The smallest absolute Gasteiger partial charge is 0.133 e. The van der Waals surface area contributed by atoms with Crippen LogP contribution in [0.4, 0.5) is 0 Å². The third-order valence-electron chi connectivity index (χ3n) is 3.70. The summed E-state index contributed by atoms with van der Waals surface area (Å²) < 4.78 is 0. The number of nitrogens with zero attached hydrogens (tertiary/aromatic N) is 2.